The molecule has 0 aromatic carbocycles. The Labute approximate surface area is 120 Å². The van der Waals surface area contributed by atoms with Gasteiger partial charge in [-0.3, -0.25) is 4.79 Å². The molecule has 1 aromatic heterocycles. The van der Waals surface area contributed by atoms with E-state index in [4.69, 9.17) is 0 Å². The van der Waals surface area contributed by atoms with Crippen LogP contribution in [0, 0.1) is 0 Å². The summed E-state index contributed by atoms with van der Waals surface area (Å²) in [5, 5.41) is 6.20. The van der Waals surface area contributed by atoms with E-state index in [1.165, 1.54) is 5.56 Å². The van der Waals surface area contributed by atoms with Gasteiger partial charge in [0.05, 0.1) is 0 Å². The molecule has 1 fully saturated rings. The Kier molecular flexibility index (Phi) is 4.95. The lowest BCUT2D eigenvalue weighted by Crippen LogP contribution is -2.44. The van der Waals surface area contributed by atoms with Crippen molar-refractivity contribution in [1.29, 1.82) is 0 Å². The Morgan fingerprint density at radius 1 is 1.40 bits per heavy atom. The van der Waals surface area contributed by atoms with Crippen LogP contribution in [0.4, 0.5) is 5.82 Å². The van der Waals surface area contributed by atoms with Crippen LogP contribution in [0.25, 0.3) is 0 Å². The number of piperidine rings is 1. The highest BCUT2D eigenvalue weighted by molar-refractivity contribution is 5.73. The summed E-state index contributed by atoms with van der Waals surface area (Å²) in [6.07, 6.45) is 3.91. The molecule has 2 heterocycles. The summed E-state index contributed by atoms with van der Waals surface area (Å²) in [5.41, 5.74) is 1.20. The molecule has 1 saturated heterocycles. The van der Waals surface area contributed by atoms with Gasteiger partial charge in [0, 0.05) is 38.3 Å². The minimum Gasteiger partial charge on any atom is -0.356 e. The van der Waals surface area contributed by atoms with E-state index in [0.717, 1.165) is 31.7 Å². The number of nitrogens with one attached hydrogen (secondary N) is 2. The molecule has 1 aromatic rings. The monoisotopic (exact) mass is 276 g/mol. The molecule has 5 nitrogen and oxygen atoms in total. The van der Waals surface area contributed by atoms with Gasteiger partial charge in [-0.25, -0.2) is 4.98 Å². The average Bonchev–Trinajstić information content (AvgIpc) is 2.47. The second-order valence-electron chi connectivity index (χ2n) is 5.42. The van der Waals surface area contributed by atoms with Gasteiger partial charge in [-0.1, -0.05) is 6.07 Å². The molecule has 5 heteroatoms. The zero-order valence-electron chi connectivity index (χ0n) is 12.5. The number of anilines is 1. The van der Waals surface area contributed by atoms with Crippen molar-refractivity contribution >= 4 is 11.7 Å². The van der Waals surface area contributed by atoms with Gasteiger partial charge in [0.2, 0.25) is 5.91 Å². The Bertz CT molecular complexity index is 438. The quantitative estimate of drug-likeness (QED) is 0.874. The van der Waals surface area contributed by atoms with Gasteiger partial charge < -0.3 is 15.5 Å². The van der Waals surface area contributed by atoms with Gasteiger partial charge in [-0.05, 0) is 38.4 Å². The third kappa shape index (κ3) is 3.70. The van der Waals surface area contributed by atoms with Crippen LogP contribution in [0.3, 0.4) is 0 Å². The number of carbonyl (C=O) groups is 1. The fraction of sp³-hybridized carbons (Fsp3) is 0.600. The summed E-state index contributed by atoms with van der Waals surface area (Å²) >= 11 is 0. The van der Waals surface area contributed by atoms with Crippen LogP contribution in [-0.4, -0.2) is 37.1 Å². The Hall–Kier alpha value is -1.62. The summed E-state index contributed by atoms with van der Waals surface area (Å²) in [6, 6.07) is 4.85. The smallest absolute Gasteiger partial charge is 0.217 e. The molecule has 0 radical (unpaired) electrons. The molecule has 0 aliphatic carbocycles. The zero-order chi connectivity index (χ0) is 14.5. The topological polar surface area (TPSA) is 57.3 Å². The third-order valence-corrected chi connectivity index (χ3v) is 3.93. The molecular weight excluding hydrogens is 252 g/mol. The number of amides is 1. The fourth-order valence-electron chi connectivity index (χ4n) is 2.55. The molecule has 110 valence electrons. The van der Waals surface area contributed by atoms with Crippen LogP contribution in [0.5, 0.6) is 0 Å². The van der Waals surface area contributed by atoms with Crippen molar-refractivity contribution in [2.24, 2.45) is 0 Å². The lowest BCUT2D eigenvalue weighted by Gasteiger charge is -2.33. The molecule has 1 aliphatic heterocycles. The first-order chi connectivity index (χ1) is 9.60. The molecule has 1 atom stereocenters. The van der Waals surface area contributed by atoms with Gasteiger partial charge in [-0.2, -0.15) is 0 Å². The van der Waals surface area contributed by atoms with Crippen LogP contribution in [-0.2, 0) is 4.79 Å². The van der Waals surface area contributed by atoms with E-state index in [9.17, 15) is 4.79 Å². The number of pyridine rings is 1. The summed E-state index contributed by atoms with van der Waals surface area (Å²) in [7, 11) is 1.95. The van der Waals surface area contributed by atoms with Gasteiger partial charge in [0.15, 0.2) is 0 Å². The summed E-state index contributed by atoms with van der Waals surface area (Å²) < 4.78 is 0. The zero-order valence-corrected chi connectivity index (χ0v) is 12.5. The van der Waals surface area contributed by atoms with E-state index in [0.29, 0.717) is 12.1 Å². The van der Waals surface area contributed by atoms with Crippen LogP contribution >= 0.6 is 0 Å². The number of carbonyl (C=O) groups excluding carboxylic acids is 1. The summed E-state index contributed by atoms with van der Waals surface area (Å²) in [6.45, 7) is 5.59. The average molecular weight is 276 g/mol. The molecule has 1 aliphatic rings. The molecule has 1 unspecified atom stereocenters. The van der Waals surface area contributed by atoms with Gasteiger partial charge in [0.25, 0.3) is 0 Å². The maximum absolute atomic E-state index is 11.1. The van der Waals surface area contributed by atoms with Crippen LogP contribution in [0.15, 0.2) is 18.3 Å². The highest BCUT2D eigenvalue weighted by atomic mass is 16.1. The number of hydrogen-bond donors (Lipinski definition) is 2. The van der Waals surface area contributed by atoms with E-state index in [2.05, 4.69) is 39.6 Å². The fourth-order valence-corrected chi connectivity index (χ4v) is 2.55. The number of rotatable bonds is 4. The first kappa shape index (κ1) is 14.8. The summed E-state index contributed by atoms with van der Waals surface area (Å²) in [4.78, 5) is 17.9. The maximum Gasteiger partial charge on any atom is 0.217 e. The van der Waals surface area contributed by atoms with Crippen molar-refractivity contribution in [3.8, 4) is 0 Å². The van der Waals surface area contributed by atoms with Crippen LogP contribution in [0.1, 0.15) is 38.3 Å². The minimum absolute atomic E-state index is 0.0620. The van der Waals surface area contributed by atoms with E-state index >= 15 is 0 Å². The van der Waals surface area contributed by atoms with E-state index < -0.39 is 0 Å². The van der Waals surface area contributed by atoms with E-state index in [-0.39, 0.29) is 5.91 Å². The molecule has 2 rings (SSSR count). The minimum atomic E-state index is 0.0620. The van der Waals surface area contributed by atoms with E-state index in [1.807, 2.05) is 13.2 Å². The van der Waals surface area contributed by atoms with Crippen molar-refractivity contribution in [3.05, 3.63) is 23.9 Å². The predicted molar refractivity (Wildman–Crippen MR) is 80.8 cm³/mol. The number of nitrogens with zero attached hydrogens (tertiary/aromatic N) is 2. The van der Waals surface area contributed by atoms with Crippen molar-refractivity contribution in [1.82, 2.24) is 15.6 Å². The Morgan fingerprint density at radius 2 is 2.10 bits per heavy atom. The highest BCUT2D eigenvalue weighted by Gasteiger charge is 2.20. The number of aromatic nitrogens is 1. The van der Waals surface area contributed by atoms with Crippen molar-refractivity contribution in [3.63, 3.8) is 0 Å². The maximum atomic E-state index is 11.1. The molecule has 20 heavy (non-hydrogen) atoms. The largest absolute Gasteiger partial charge is 0.356 e. The molecule has 2 N–H and O–H groups in total. The molecule has 0 spiro atoms. The van der Waals surface area contributed by atoms with Gasteiger partial charge in [-0.15, -0.1) is 0 Å². The molecule has 1 amide bonds. The summed E-state index contributed by atoms with van der Waals surface area (Å²) in [5.74, 6) is 1.09. The normalized spacial score (nSPS) is 17.9. The molecule has 0 saturated carbocycles. The number of hydrogen-bond acceptors (Lipinski definition) is 4. The first-order valence-electron chi connectivity index (χ1n) is 7.25. The first-order valence-corrected chi connectivity index (χ1v) is 7.25. The van der Waals surface area contributed by atoms with Gasteiger partial charge >= 0.3 is 0 Å². The standard InChI is InChI=1S/C15H24N4O/c1-11(16-3)13-4-5-15(17-10-13)19-8-6-14(7-9-19)18-12(2)20/h4-5,10-11,14,16H,6-9H2,1-3H3,(H,18,20). The van der Waals surface area contributed by atoms with Crippen molar-refractivity contribution in [2.45, 2.75) is 38.8 Å². The predicted octanol–water partition coefficient (Wildman–Crippen LogP) is 1.47. The van der Waals surface area contributed by atoms with Crippen molar-refractivity contribution < 1.29 is 4.79 Å². The molecular formula is C15H24N4O. The lowest BCUT2D eigenvalue weighted by molar-refractivity contribution is -0.119. The Morgan fingerprint density at radius 3 is 2.60 bits per heavy atom. The highest BCUT2D eigenvalue weighted by Crippen LogP contribution is 2.19. The van der Waals surface area contributed by atoms with Crippen LogP contribution < -0.4 is 15.5 Å². The Balaban J connectivity index is 1.92. The van der Waals surface area contributed by atoms with Crippen molar-refractivity contribution in [2.75, 3.05) is 25.0 Å². The lowest BCUT2D eigenvalue weighted by atomic mass is 10.0. The third-order valence-electron chi connectivity index (χ3n) is 3.93. The van der Waals surface area contributed by atoms with Gasteiger partial charge in [0.1, 0.15) is 5.82 Å². The second kappa shape index (κ2) is 6.70. The van der Waals surface area contributed by atoms with E-state index in [1.54, 1.807) is 6.92 Å². The second-order valence-corrected chi connectivity index (χ2v) is 5.42. The van der Waals surface area contributed by atoms with Crippen LogP contribution in [0.2, 0.25) is 0 Å². The molecule has 0 bridgehead atoms. The SMILES string of the molecule is CNC(C)c1ccc(N2CCC(NC(C)=O)CC2)nc1.